The molecule has 7 N–H and O–H groups in total. The minimum absolute atomic E-state index is 0.0503. The number of hydrogen-bond donors (Lipinski definition) is 7. The van der Waals surface area contributed by atoms with Gasteiger partial charge in [0.25, 0.3) is 0 Å². The number of aromatic hydroxyl groups is 1. The van der Waals surface area contributed by atoms with E-state index in [4.69, 9.17) is 10.3 Å². The predicted molar refractivity (Wildman–Crippen MR) is 218 cm³/mol. The Kier molecular flexibility index (Phi) is 13.6. The van der Waals surface area contributed by atoms with Crippen LogP contribution in [-0.2, 0) is 21.7 Å². The number of nitrogens with one attached hydrogen (secondary N) is 4. The summed E-state index contributed by atoms with van der Waals surface area (Å²) in [4.78, 5) is 30.4. The smallest absolute Gasteiger partial charge is 0.343 e. The molecule has 0 bridgehead atoms. The van der Waals surface area contributed by atoms with Crippen LogP contribution < -0.4 is 16.2 Å². The fourth-order valence-corrected chi connectivity index (χ4v) is 8.91. The molecular weight excluding hydrogens is 709 g/mol. The van der Waals surface area contributed by atoms with Crippen molar-refractivity contribution in [3.63, 3.8) is 0 Å². The molecule has 3 aromatic carbocycles. The number of aliphatic hydroxyl groups is 2. The highest BCUT2D eigenvalue weighted by Gasteiger charge is 2.52. The van der Waals surface area contributed by atoms with Crippen LogP contribution >= 0.6 is 0 Å². The molecule has 300 valence electrons. The Morgan fingerprint density at radius 2 is 1.79 bits per heavy atom. The van der Waals surface area contributed by atoms with Crippen LogP contribution in [0.4, 0.5) is 11.4 Å². The maximum atomic E-state index is 13.5. The zero-order valence-electron chi connectivity index (χ0n) is 32.7. The highest BCUT2D eigenvalue weighted by atomic mass is 16.6. The van der Waals surface area contributed by atoms with E-state index in [9.17, 15) is 24.9 Å². The second-order valence-corrected chi connectivity index (χ2v) is 15.6. The van der Waals surface area contributed by atoms with Gasteiger partial charge in [-0.1, -0.05) is 69.2 Å². The van der Waals surface area contributed by atoms with Crippen molar-refractivity contribution in [2.45, 2.75) is 96.0 Å². The van der Waals surface area contributed by atoms with Crippen LogP contribution in [0.5, 0.6) is 5.75 Å². The first-order valence-corrected chi connectivity index (χ1v) is 20.4. The van der Waals surface area contributed by atoms with E-state index in [0.717, 1.165) is 95.2 Å². The molecule has 3 fully saturated rings. The SMILES string of the molecule is CC.N=Nc1cc(CNCC(O)c2ccc(O)c3[nH]c(=O)ccc23)ccc1NCCCN1CCC2(CC1)CC(OC(=O)C(O)(c1ccccc1)C1CCCC1)C2. The molecule has 3 aliphatic rings. The van der Waals surface area contributed by atoms with Gasteiger partial charge in [0.2, 0.25) is 5.56 Å². The summed E-state index contributed by atoms with van der Waals surface area (Å²) in [5, 5.41) is 43.8. The van der Waals surface area contributed by atoms with Gasteiger partial charge in [0.05, 0.1) is 17.3 Å². The molecule has 2 heterocycles. The van der Waals surface area contributed by atoms with Crippen molar-refractivity contribution in [2.75, 3.05) is 38.0 Å². The highest BCUT2D eigenvalue weighted by Crippen LogP contribution is 2.51. The number of H-pyrrole nitrogens is 1. The molecule has 1 aromatic heterocycles. The van der Waals surface area contributed by atoms with Gasteiger partial charge in [0.1, 0.15) is 17.5 Å². The van der Waals surface area contributed by atoms with Crippen molar-refractivity contribution in [2.24, 2.45) is 16.4 Å². The number of benzene rings is 3. The molecule has 0 amide bonds. The van der Waals surface area contributed by atoms with Crippen molar-refractivity contribution in [1.29, 1.82) is 5.53 Å². The summed E-state index contributed by atoms with van der Waals surface area (Å²) in [7, 11) is 0. The third-order valence-corrected chi connectivity index (χ3v) is 12.1. The van der Waals surface area contributed by atoms with Crippen molar-refractivity contribution in [3.8, 4) is 5.75 Å². The molecule has 1 saturated heterocycles. The van der Waals surface area contributed by atoms with Gasteiger partial charge in [0.15, 0.2) is 5.60 Å². The summed E-state index contributed by atoms with van der Waals surface area (Å²) in [5.41, 5.74) is 9.88. The number of hydrogen-bond acceptors (Lipinski definition) is 11. The van der Waals surface area contributed by atoms with Crippen LogP contribution in [0, 0.1) is 16.9 Å². The number of pyridine rings is 1. The van der Waals surface area contributed by atoms with E-state index in [0.29, 0.717) is 34.3 Å². The van der Waals surface area contributed by atoms with E-state index >= 15 is 0 Å². The summed E-state index contributed by atoms with van der Waals surface area (Å²) < 4.78 is 6.02. The lowest BCUT2D eigenvalue weighted by molar-refractivity contribution is -0.192. The lowest BCUT2D eigenvalue weighted by Gasteiger charge is -2.52. The lowest BCUT2D eigenvalue weighted by Crippen LogP contribution is -2.52. The zero-order valence-corrected chi connectivity index (χ0v) is 32.7. The molecule has 1 aliphatic heterocycles. The molecule has 4 aromatic rings. The Bertz CT molecular complexity index is 1980. The Labute approximate surface area is 329 Å². The minimum Gasteiger partial charge on any atom is -0.506 e. The number of piperidine rings is 1. The fraction of sp³-hybridized carbons (Fsp3) is 0.500. The third-order valence-electron chi connectivity index (χ3n) is 12.1. The molecule has 2 saturated carbocycles. The van der Waals surface area contributed by atoms with Crippen LogP contribution in [-0.4, -0.2) is 70.0 Å². The van der Waals surface area contributed by atoms with E-state index in [1.807, 2.05) is 62.4 Å². The van der Waals surface area contributed by atoms with Gasteiger partial charge < -0.3 is 40.6 Å². The quantitative estimate of drug-likeness (QED) is 0.0368. The summed E-state index contributed by atoms with van der Waals surface area (Å²) in [6.45, 7) is 8.46. The third kappa shape index (κ3) is 9.15. The van der Waals surface area contributed by atoms with Gasteiger partial charge in [-0.3, -0.25) is 4.79 Å². The first-order chi connectivity index (χ1) is 27.2. The molecule has 56 heavy (non-hydrogen) atoms. The fourth-order valence-electron chi connectivity index (χ4n) is 8.91. The van der Waals surface area contributed by atoms with Crippen LogP contribution in [0.25, 0.3) is 10.9 Å². The molecule has 2 unspecified atom stereocenters. The molecule has 12 nitrogen and oxygen atoms in total. The largest absolute Gasteiger partial charge is 0.506 e. The predicted octanol–water partition coefficient (Wildman–Crippen LogP) is 7.41. The number of ether oxygens (including phenoxy) is 1. The van der Waals surface area contributed by atoms with Gasteiger partial charge in [-0.2, -0.15) is 5.11 Å². The van der Waals surface area contributed by atoms with E-state index < -0.39 is 17.7 Å². The summed E-state index contributed by atoms with van der Waals surface area (Å²) in [5.74, 6) is -0.627. The number of carbonyl (C=O) groups excluding carboxylic acids is 1. The molecular formula is C44H58N6O6. The maximum Gasteiger partial charge on any atom is 0.343 e. The second-order valence-electron chi connectivity index (χ2n) is 15.6. The normalized spacial score (nSPS) is 18.7. The Balaban J connectivity index is 0.00000262. The van der Waals surface area contributed by atoms with Crippen molar-refractivity contribution < 1.29 is 24.9 Å². The molecule has 1 spiro atoms. The summed E-state index contributed by atoms with van der Waals surface area (Å²) in [6, 6.07) is 21.2. The first kappa shape index (κ1) is 41.0. The summed E-state index contributed by atoms with van der Waals surface area (Å²) >= 11 is 0. The van der Waals surface area contributed by atoms with Gasteiger partial charge in [-0.25, -0.2) is 10.3 Å². The van der Waals surface area contributed by atoms with E-state index in [2.05, 4.69) is 25.6 Å². The summed E-state index contributed by atoms with van der Waals surface area (Å²) in [6.07, 6.45) is 7.60. The lowest BCUT2D eigenvalue weighted by atomic mass is 9.61. The molecule has 7 rings (SSSR count). The monoisotopic (exact) mass is 766 g/mol. The van der Waals surface area contributed by atoms with Crippen LogP contribution in [0.2, 0.25) is 0 Å². The van der Waals surface area contributed by atoms with E-state index in [1.165, 1.54) is 12.1 Å². The topological polar surface area (TPSA) is 183 Å². The number of likely N-dealkylation sites (tertiary alicyclic amines) is 1. The molecule has 12 heteroatoms. The number of aliphatic hydroxyl groups excluding tert-OH is 1. The Hall–Kier alpha value is -4.62. The molecule has 0 radical (unpaired) electrons. The van der Waals surface area contributed by atoms with Gasteiger partial charge in [-0.15, -0.1) is 0 Å². The average molecular weight is 767 g/mol. The second kappa shape index (κ2) is 18.5. The van der Waals surface area contributed by atoms with Crippen LogP contribution in [0.15, 0.2) is 82.7 Å². The van der Waals surface area contributed by atoms with Crippen molar-refractivity contribution in [1.82, 2.24) is 15.2 Å². The number of phenolic OH excluding ortho intramolecular Hbond substituents is 1. The van der Waals surface area contributed by atoms with Crippen molar-refractivity contribution in [3.05, 3.63) is 99.8 Å². The number of esters is 1. The Morgan fingerprint density at radius 1 is 1.05 bits per heavy atom. The number of carbonyl (C=O) groups is 1. The Morgan fingerprint density at radius 3 is 2.50 bits per heavy atom. The number of aromatic nitrogens is 1. The number of nitrogens with zero attached hydrogens (tertiary/aromatic N) is 2. The first-order valence-electron chi connectivity index (χ1n) is 20.4. The highest BCUT2D eigenvalue weighted by molar-refractivity contribution is 5.87. The van der Waals surface area contributed by atoms with Gasteiger partial charge in [0, 0.05) is 37.0 Å². The standard InChI is InChI=1S/C42H52N6O6.C2H6/c43-47-35-23-28(26-44-27-37(50)32-12-15-36(49)39-33(32)13-16-38(51)46-39)11-14-34(35)45-19-6-20-48-21-17-41(18-22-48)24-31(25-41)54-40(52)42(53,30-9-4-5-10-30)29-7-2-1-3-8-29;1-2/h1-3,7-8,11-16,23,30-31,37,43-45,49-50,53H,4-6,9-10,17-22,24-27H2,(H,46,51);1-2H3. The zero-order chi connectivity index (χ0) is 39.7. The van der Waals surface area contributed by atoms with Crippen LogP contribution in [0.1, 0.15) is 94.4 Å². The van der Waals surface area contributed by atoms with Crippen molar-refractivity contribution >= 4 is 28.2 Å². The number of rotatable bonds is 15. The number of fused-ring (bicyclic) bond motifs is 1. The van der Waals surface area contributed by atoms with E-state index in [-0.39, 0.29) is 35.3 Å². The van der Waals surface area contributed by atoms with Crippen LogP contribution in [0.3, 0.4) is 0 Å². The number of phenols is 1. The number of aromatic amines is 1. The number of anilines is 1. The maximum absolute atomic E-state index is 13.5. The average Bonchev–Trinajstić information content (AvgIpc) is 3.77. The van der Waals surface area contributed by atoms with E-state index in [1.54, 1.807) is 12.1 Å². The van der Waals surface area contributed by atoms with Gasteiger partial charge >= 0.3 is 5.97 Å². The molecule has 2 aliphatic carbocycles. The molecule has 2 atom stereocenters. The van der Waals surface area contributed by atoms with Gasteiger partial charge in [-0.05, 0) is 111 Å². The minimum atomic E-state index is -1.57.